The molecule has 0 saturated heterocycles. The van der Waals surface area contributed by atoms with Crippen molar-refractivity contribution in [3.05, 3.63) is 77.4 Å². The molecule has 1 N–H and O–H groups in total. The van der Waals surface area contributed by atoms with Crippen LogP contribution in [0.3, 0.4) is 0 Å². The van der Waals surface area contributed by atoms with Gasteiger partial charge in [0.2, 0.25) is 0 Å². The highest BCUT2D eigenvalue weighted by Crippen LogP contribution is 2.34. The van der Waals surface area contributed by atoms with Crippen LogP contribution in [0.1, 0.15) is 41.3 Å². The van der Waals surface area contributed by atoms with E-state index in [2.05, 4.69) is 16.9 Å². The van der Waals surface area contributed by atoms with E-state index in [4.69, 9.17) is 0 Å². The highest BCUT2D eigenvalue weighted by molar-refractivity contribution is 8.00. The fraction of sp³-hybridized carbons (Fsp3) is 0.261. The molecular weight excluding hydrogens is 432 g/mol. The summed E-state index contributed by atoms with van der Waals surface area (Å²) in [7, 11) is 0. The Morgan fingerprint density at radius 2 is 1.33 bits per heavy atom. The summed E-state index contributed by atoms with van der Waals surface area (Å²) in [5.41, 5.74) is 2.48. The average Bonchev–Trinajstić information content (AvgIpc) is 2.77. The molecule has 3 rings (SSSR count). The number of unbranched alkanes of at least 4 members (excludes halogenated alkanes) is 1. The third-order valence-electron chi connectivity index (χ3n) is 4.20. The summed E-state index contributed by atoms with van der Waals surface area (Å²) in [4.78, 5) is 21.4. The van der Waals surface area contributed by atoms with Crippen LogP contribution < -0.4 is 0 Å². The molecule has 0 unspecified atom stereocenters. The minimum Gasteiger partial charge on any atom is -0.477 e. The van der Waals surface area contributed by atoms with Gasteiger partial charge in [-0.3, -0.25) is 0 Å². The fourth-order valence-corrected chi connectivity index (χ4v) is 5.68. The lowest BCUT2D eigenvalue weighted by atomic mass is 10.2. The van der Waals surface area contributed by atoms with Gasteiger partial charge < -0.3 is 5.11 Å². The molecule has 0 spiro atoms. The van der Waals surface area contributed by atoms with Crippen LogP contribution in [0.4, 0.5) is 0 Å². The molecule has 2 aromatic carbocycles. The molecule has 3 aromatic rings. The summed E-state index contributed by atoms with van der Waals surface area (Å²) >= 11 is 4.51. The van der Waals surface area contributed by atoms with Gasteiger partial charge in [-0.05, 0) is 17.5 Å². The van der Waals surface area contributed by atoms with Gasteiger partial charge in [-0.15, -0.1) is 23.5 Å². The number of nitrogens with zero attached hydrogens (tertiary/aromatic N) is 2. The van der Waals surface area contributed by atoms with Gasteiger partial charge in [-0.25, -0.2) is 14.8 Å². The number of aromatic nitrogens is 2. The molecule has 0 atom stereocenters. The zero-order chi connectivity index (χ0) is 21.2. The number of carboxylic acids is 1. The van der Waals surface area contributed by atoms with Crippen LogP contribution in [0.25, 0.3) is 0 Å². The Kier molecular flexibility index (Phi) is 9.11. The molecule has 0 saturated carbocycles. The van der Waals surface area contributed by atoms with Crippen LogP contribution in [0.5, 0.6) is 0 Å². The molecule has 30 heavy (non-hydrogen) atoms. The smallest absolute Gasteiger partial charge is 0.341 e. The number of benzene rings is 2. The van der Waals surface area contributed by atoms with Crippen LogP contribution in [0.15, 0.2) is 75.9 Å². The van der Waals surface area contributed by atoms with Gasteiger partial charge in [0.25, 0.3) is 0 Å². The number of carbonyl (C=O) groups is 1. The van der Waals surface area contributed by atoms with Crippen molar-refractivity contribution in [2.75, 3.05) is 5.75 Å². The highest BCUT2D eigenvalue weighted by Gasteiger charge is 2.22. The van der Waals surface area contributed by atoms with Crippen molar-refractivity contribution in [3.8, 4) is 0 Å². The van der Waals surface area contributed by atoms with Crippen molar-refractivity contribution in [2.45, 2.75) is 46.5 Å². The van der Waals surface area contributed by atoms with E-state index < -0.39 is 5.97 Å². The zero-order valence-corrected chi connectivity index (χ0v) is 19.2. The van der Waals surface area contributed by atoms with Crippen molar-refractivity contribution in [1.82, 2.24) is 9.97 Å². The van der Waals surface area contributed by atoms with Gasteiger partial charge in [-0.2, -0.15) is 0 Å². The predicted octanol–water partition coefficient (Wildman–Crippen LogP) is 6.65. The standard InChI is InChI=1S/C23H24N2O2S3/c1-2-3-14-28-23-24-20(29-15-17-10-6-4-7-11-17)19(22(26)27)21(25-23)30-16-18-12-8-5-9-13-18/h4-13H,2-3,14-16H2,1H3,(H,26,27). The number of thioether (sulfide) groups is 3. The second-order valence-electron chi connectivity index (χ2n) is 6.55. The van der Waals surface area contributed by atoms with E-state index in [1.807, 2.05) is 60.7 Å². The van der Waals surface area contributed by atoms with Gasteiger partial charge in [0.05, 0.1) is 0 Å². The van der Waals surface area contributed by atoms with Crippen molar-refractivity contribution in [3.63, 3.8) is 0 Å². The quantitative estimate of drug-likeness (QED) is 0.150. The Bertz CT molecular complexity index is 889. The van der Waals surface area contributed by atoms with Crippen molar-refractivity contribution >= 4 is 41.3 Å². The summed E-state index contributed by atoms with van der Waals surface area (Å²) in [6.45, 7) is 2.15. The summed E-state index contributed by atoms with van der Waals surface area (Å²) in [6.07, 6.45) is 2.18. The molecule has 0 fully saturated rings. The maximum absolute atomic E-state index is 12.1. The van der Waals surface area contributed by atoms with Gasteiger partial charge >= 0.3 is 5.97 Å². The Morgan fingerprint density at radius 1 is 0.833 bits per heavy atom. The third-order valence-corrected chi connectivity index (χ3v) is 7.23. The first kappa shape index (κ1) is 22.7. The Balaban J connectivity index is 1.88. The Morgan fingerprint density at radius 3 is 1.77 bits per heavy atom. The number of hydrogen-bond donors (Lipinski definition) is 1. The van der Waals surface area contributed by atoms with E-state index in [0.29, 0.717) is 26.7 Å². The number of carboxylic acid groups (broad SMARTS) is 1. The molecule has 1 aromatic heterocycles. The molecule has 4 nitrogen and oxygen atoms in total. The molecule has 0 aliphatic heterocycles. The largest absolute Gasteiger partial charge is 0.477 e. The maximum Gasteiger partial charge on any atom is 0.341 e. The predicted molar refractivity (Wildman–Crippen MR) is 127 cm³/mol. The Hall–Kier alpha value is -1.96. The number of hydrogen-bond acceptors (Lipinski definition) is 6. The first-order valence-electron chi connectivity index (χ1n) is 9.79. The van der Waals surface area contributed by atoms with E-state index in [1.54, 1.807) is 11.8 Å². The Labute approximate surface area is 190 Å². The summed E-state index contributed by atoms with van der Waals surface area (Å²) in [5, 5.41) is 11.7. The topological polar surface area (TPSA) is 63.1 Å². The number of aromatic carboxylic acids is 1. The molecule has 0 aliphatic carbocycles. The van der Waals surface area contributed by atoms with E-state index in [-0.39, 0.29) is 5.56 Å². The number of rotatable bonds is 11. The third kappa shape index (κ3) is 6.79. The first-order chi connectivity index (χ1) is 14.7. The summed E-state index contributed by atoms with van der Waals surface area (Å²) in [5.74, 6) is 1.28. The van der Waals surface area contributed by atoms with Crippen LogP contribution in [0, 0.1) is 0 Å². The molecule has 0 bridgehead atoms. The zero-order valence-electron chi connectivity index (χ0n) is 16.8. The molecule has 0 amide bonds. The summed E-state index contributed by atoms with van der Waals surface area (Å²) < 4.78 is 0. The van der Waals surface area contributed by atoms with Crippen LogP contribution in [-0.4, -0.2) is 26.8 Å². The SMILES string of the molecule is CCCCSc1nc(SCc2ccccc2)c(C(=O)O)c(SCc2ccccc2)n1. The highest BCUT2D eigenvalue weighted by atomic mass is 32.2. The lowest BCUT2D eigenvalue weighted by Gasteiger charge is -2.12. The van der Waals surface area contributed by atoms with E-state index in [1.165, 1.54) is 23.5 Å². The van der Waals surface area contributed by atoms with Gasteiger partial charge in [0, 0.05) is 17.3 Å². The molecule has 0 radical (unpaired) electrons. The van der Waals surface area contributed by atoms with Crippen molar-refractivity contribution < 1.29 is 9.90 Å². The average molecular weight is 457 g/mol. The first-order valence-corrected chi connectivity index (χ1v) is 12.7. The van der Waals surface area contributed by atoms with E-state index in [9.17, 15) is 9.90 Å². The van der Waals surface area contributed by atoms with Crippen LogP contribution >= 0.6 is 35.3 Å². The molecule has 7 heteroatoms. The normalized spacial score (nSPS) is 10.8. The minimum atomic E-state index is -0.980. The van der Waals surface area contributed by atoms with Gasteiger partial charge in [0.15, 0.2) is 5.16 Å². The maximum atomic E-state index is 12.1. The minimum absolute atomic E-state index is 0.205. The monoisotopic (exact) mass is 456 g/mol. The second-order valence-corrected chi connectivity index (χ2v) is 9.54. The van der Waals surface area contributed by atoms with Crippen LogP contribution in [-0.2, 0) is 11.5 Å². The fourth-order valence-electron chi connectivity index (χ4n) is 2.62. The van der Waals surface area contributed by atoms with Gasteiger partial charge in [-0.1, -0.05) is 85.8 Å². The molecule has 156 valence electrons. The van der Waals surface area contributed by atoms with Gasteiger partial charge in [0.1, 0.15) is 15.6 Å². The lowest BCUT2D eigenvalue weighted by molar-refractivity contribution is 0.0686. The van der Waals surface area contributed by atoms with Crippen molar-refractivity contribution in [1.29, 1.82) is 0 Å². The van der Waals surface area contributed by atoms with Crippen LogP contribution in [0.2, 0.25) is 0 Å². The molecular formula is C23H24N2O2S3. The van der Waals surface area contributed by atoms with E-state index in [0.717, 1.165) is 29.7 Å². The lowest BCUT2D eigenvalue weighted by Crippen LogP contribution is -2.08. The molecule has 1 heterocycles. The molecule has 0 aliphatic rings. The summed E-state index contributed by atoms with van der Waals surface area (Å²) in [6, 6.07) is 20.1. The second kappa shape index (κ2) is 12.0. The van der Waals surface area contributed by atoms with Crippen molar-refractivity contribution in [2.24, 2.45) is 0 Å². The van der Waals surface area contributed by atoms with E-state index >= 15 is 0 Å².